The summed E-state index contributed by atoms with van der Waals surface area (Å²) in [5, 5.41) is 2.66. The molecule has 0 bridgehead atoms. The first-order valence-electron chi connectivity index (χ1n) is 11.4. The zero-order chi connectivity index (χ0) is 26.5. The summed E-state index contributed by atoms with van der Waals surface area (Å²) >= 11 is 0. The van der Waals surface area contributed by atoms with Gasteiger partial charge in [-0.1, -0.05) is 12.1 Å². The van der Waals surface area contributed by atoms with Gasteiger partial charge in [-0.05, 0) is 72.6 Å². The number of esters is 1. The van der Waals surface area contributed by atoms with E-state index in [4.69, 9.17) is 0 Å². The molecule has 0 radical (unpaired) electrons. The van der Waals surface area contributed by atoms with Crippen molar-refractivity contribution in [2.24, 2.45) is 0 Å². The summed E-state index contributed by atoms with van der Waals surface area (Å²) in [6.07, 6.45) is -0.00585. The van der Waals surface area contributed by atoms with E-state index in [1.165, 1.54) is 60.5 Å². The van der Waals surface area contributed by atoms with E-state index in [-0.39, 0.29) is 18.7 Å². The van der Waals surface area contributed by atoms with Crippen molar-refractivity contribution >= 4 is 35.2 Å². The average molecular weight is 507 g/mol. The fraction of sp³-hybridized carbons (Fsp3) is 0.185. The van der Waals surface area contributed by atoms with Crippen molar-refractivity contribution in [2.45, 2.75) is 18.9 Å². The van der Waals surface area contributed by atoms with E-state index >= 15 is 0 Å². The van der Waals surface area contributed by atoms with Crippen LogP contribution in [-0.4, -0.2) is 48.4 Å². The Morgan fingerprint density at radius 1 is 0.892 bits per heavy atom. The number of hydrogen-bond acceptors (Lipinski definition) is 5. The highest BCUT2D eigenvalue weighted by atomic mass is 19.1. The highest BCUT2D eigenvalue weighted by Crippen LogP contribution is 2.28. The lowest BCUT2D eigenvalue weighted by Crippen LogP contribution is -2.39. The predicted octanol–water partition coefficient (Wildman–Crippen LogP) is 4.16. The SMILES string of the molecule is COC(=O)c1ccc(NC(=O)C[C@@H]2C(=O)N(c3ccc(F)cc3)C(=O)N2CCc2ccc(F)cc2)cc1. The van der Waals surface area contributed by atoms with Crippen molar-refractivity contribution in [3.05, 3.63) is 95.6 Å². The topological polar surface area (TPSA) is 96.0 Å². The lowest BCUT2D eigenvalue weighted by atomic mass is 10.1. The Hall–Kier alpha value is -4.60. The van der Waals surface area contributed by atoms with Crippen LogP contribution in [0.15, 0.2) is 72.8 Å². The second-order valence-electron chi connectivity index (χ2n) is 8.34. The molecule has 1 aliphatic heterocycles. The third kappa shape index (κ3) is 5.80. The molecule has 10 heteroatoms. The zero-order valence-electron chi connectivity index (χ0n) is 19.8. The summed E-state index contributed by atoms with van der Waals surface area (Å²) in [5.74, 6) is -2.58. The largest absolute Gasteiger partial charge is 0.465 e. The van der Waals surface area contributed by atoms with Crippen LogP contribution in [0, 0.1) is 11.6 Å². The van der Waals surface area contributed by atoms with Gasteiger partial charge in [-0.3, -0.25) is 9.59 Å². The van der Waals surface area contributed by atoms with Crippen molar-refractivity contribution in [3.63, 3.8) is 0 Å². The molecule has 3 aromatic rings. The number of benzene rings is 3. The number of rotatable bonds is 8. The van der Waals surface area contributed by atoms with Crippen molar-refractivity contribution in [1.82, 2.24) is 4.90 Å². The van der Waals surface area contributed by atoms with Gasteiger partial charge in [0.25, 0.3) is 5.91 Å². The molecule has 8 nitrogen and oxygen atoms in total. The third-order valence-corrected chi connectivity index (χ3v) is 5.93. The zero-order valence-corrected chi connectivity index (χ0v) is 19.8. The Morgan fingerprint density at radius 3 is 2.08 bits per heavy atom. The molecule has 1 atom stereocenters. The van der Waals surface area contributed by atoms with Gasteiger partial charge in [-0.25, -0.2) is 23.3 Å². The normalized spacial score (nSPS) is 15.2. The fourth-order valence-electron chi connectivity index (χ4n) is 4.01. The molecule has 0 spiro atoms. The number of methoxy groups -OCH3 is 1. The van der Waals surface area contributed by atoms with Gasteiger partial charge in [-0.2, -0.15) is 0 Å². The maximum absolute atomic E-state index is 13.4. The van der Waals surface area contributed by atoms with Crippen LogP contribution >= 0.6 is 0 Å². The molecule has 37 heavy (non-hydrogen) atoms. The van der Waals surface area contributed by atoms with Gasteiger partial charge < -0.3 is 15.0 Å². The molecule has 1 heterocycles. The Morgan fingerprint density at radius 2 is 1.49 bits per heavy atom. The minimum atomic E-state index is -1.10. The van der Waals surface area contributed by atoms with Crippen molar-refractivity contribution < 1.29 is 32.7 Å². The number of carbonyl (C=O) groups is 4. The van der Waals surface area contributed by atoms with Crippen LogP contribution in [0.2, 0.25) is 0 Å². The van der Waals surface area contributed by atoms with Gasteiger partial charge in [0.05, 0.1) is 24.8 Å². The fourth-order valence-corrected chi connectivity index (χ4v) is 4.01. The van der Waals surface area contributed by atoms with E-state index in [9.17, 15) is 28.0 Å². The number of hydrogen-bond donors (Lipinski definition) is 1. The number of anilines is 2. The molecule has 0 aliphatic carbocycles. The number of ether oxygens (including phenoxy) is 1. The molecule has 0 saturated carbocycles. The van der Waals surface area contributed by atoms with Crippen molar-refractivity contribution in [1.29, 1.82) is 0 Å². The van der Waals surface area contributed by atoms with E-state index in [0.717, 1.165) is 22.6 Å². The smallest absolute Gasteiger partial charge is 0.337 e. The standard InChI is InChI=1S/C27H23F2N3O5/c1-37-26(35)18-4-10-21(11-5-18)30-24(33)16-23-25(34)32(22-12-8-20(29)9-13-22)27(36)31(23)15-14-17-2-6-19(28)7-3-17/h2-13,23H,14-16H2,1H3,(H,30,33)/t23-/m1/s1. The number of nitrogens with one attached hydrogen (secondary N) is 1. The lowest BCUT2D eigenvalue weighted by Gasteiger charge is -2.21. The second kappa shape index (κ2) is 11.0. The Kier molecular flexibility index (Phi) is 7.57. The monoisotopic (exact) mass is 507 g/mol. The van der Waals surface area contributed by atoms with Crippen LogP contribution in [-0.2, 0) is 20.7 Å². The first-order valence-corrected chi connectivity index (χ1v) is 11.4. The number of halogens is 2. The minimum absolute atomic E-state index is 0.0969. The van der Waals surface area contributed by atoms with E-state index in [1.807, 2.05) is 0 Å². The predicted molar refractivity (Wildman–Crippen MR) is 131 cm³/mol. The van der Waals surface area contributed by atoms with Gasteiger partial charge in [-0.15, -0.1) is 0 Å². The molecular formula is C27H23F2N3O5. The molecule has 4 amide bonds. The maximum atomic E-state index is 13.4. The van der Waals surface area contributed by atoms with Crippen LogP contribution in [0.25, 0.3) is 0 Å². The molecular weight excluding hydrogens is 484 g/mol. The Bertz CT molecular complexity index is 1310. The molecule has 3 aromatic carbocycles. The highest BCUT2D eigenvalue weighted by molar-refractivity contribution is 6.22. The Labute approximate surface area is 211 Å². The van der Waals surface area contributed by atoms with Crippen LogP contribution in [0.4, 0.5) is 25.0 Å². The van der Waals surface area contributed by atoms with E-state index in [0.29, 0.717) is 17.7 Å². The summed E-state index contributed by atoms with van der Waals surface area (Å²) in [6, 6.07) is 14.9. The van der Waals surface area contributed by atoms with Crippen LogP contribution < -0.4 is 10.2 Å². The molecule has 1 N–H and O–H groups in total. The molecule has 1 aliphatic rings. The number of carbonyl (C=O) groups excluding carboxylic acids is 4. The van der Waals surface area contributed by atoms with E-state index in [2.05, 4.69) is 10.1 Å². The molecule has 1 fully saturated rings. The molecule has 1 saturated heterocycles. The van der Waals surface area contributed by atoms with Crippen LogP contribution in [0.3, 0.4) is 0 Å². The summed E-state index contributed by atoms with van der Waals surface area (Å²) in [6.45, 7) is 0.0969. The quantitative estimate of drug-likeness (QED) is 0.365. The first kappa shape index (κ1) is 25.5. The minimum Gasteiger partial charge on any atom is -0.465 e. The number of nitrogens with zero attached hydrogens (tertiary/aromatic N) is 2. The van der Waals surface area contributed by atoms with E-state index in [1.54, 1.807) is 12.1 Å². The number of imide groups is 1. The summed E-state index contributed by atoms with van der Waals surface area (Å²) < 4.78 is 31.3. The van der Waals surface area contributed by atoms with Crippen LogP contribution in [0.5, 0.6) is 0 Å². The Balaban J connectivity index is 1.52. The third-order valence-electron chi connectivity index (χ3n) is 5.93. The van der Waals surface area contributed by atoms with Crippen molar-refractivity contribution in [3.8, 4) is 0 Å². The molecule has 190 valence electrons. The van der Waals surface area contributed by atoms with Gasteiger partial charge in [0.1, 0.15) is 17.7 Å². The summed E-state index contributed by atoms with van der Waals surface area (Å²) in [5.41, 5.74) is 1.63. The van der Waals surface area contributed by atoms with Gasteiger partial charge in [0.2, 0.25) is 5.91 Å². The first-order chi connectivity index (χ1) is 17.8. The highest BCUT2D eigenvalue weighted by Gasteiger charge is 2.46. The second-order valence-corrected chi connectivity index (χ2v) is 8.34. The van der Waals surface area contributed by atoms with Gasteiger partial charge >= 0.3 is 12.0 Å². The molecule has 0 aromatic heterocycles. The van der Waals surface area contributed by atoms with Gasteiger partial charge in [0, 0.05) is 12.2 Å². The maximum Gasteiger partial charge on any atom is 0.337 e. The average Bonchev–Trinajstić information content (AvgIpc) is 3.12. The number of amides is 4. The number of urea groups is 1. The molecule has 4 rings (SSSR count). The summed E-state index contributed by atoms with van der Waals surface area (Å²) in [7, 11) is 1.26. The van der Waals surface area contributed by atoms with Crippen LogP contribution in [0.1, 0.15) is 22.3 Å². The molecule has 0 unspecified atom stereocenters. The van der Waals surface area contributed by atoms with Gasteiger partial charge in [0.15, 0.2) is 0 Å². The lowest BCUT2D eigenvalue weighted by molar-refractivity contribution is -0.124. The summed E-state index contributed by atoms with van der Waals surface area (Å²) in [4.78, 5) is 53.2. The van der Waals surface area contributed by atoms with E-state index < -0.39 is 41.5 Å². The van der Waals surface area contributed by atoms with Crippen molar-refractivity contribution in [2.75, 3.05) is 23.9 Å².